The molecule has 0 aliphatic carbocycles. The van der Waals surface area contributed by atoms with Gasteiger partial charge in [0.1, 0.15) is 0 Å². The lowest BCUT2D eigenvalue weighted by Crippen LogP contribution is -2.46. The molecule has 2 amide bonds. The molecule has 1 heterocycles. The van der Waals surface area contributed by atoms with Crippen molar-refractivity contribution in [3.8, 4) is 0 Å². The number of alkyl halides is 3. The van der Waals surface area contributed by atoms with E-state index < -0.39 is 17.6 Å². The van der Waals surface area contributed by atoms with Gasteiger partial charge in [-0.2, -0.15) is 13.2 Å². The number of piperidine rings is 1. The van der Waals surface area contributed by atoms with E-state index in [1.54, 1.807) is 0 Å². The maximum atomic E-state index is 12.7. The largest absolute Gasteiger partial charge is 0.416 e. The van der Waals surface area contributed by atoms with Crippen LogP contribution in [0.4, 0.5) is 13.2 Å². The molecule has 0 aromatic heterocycles. The van der Waals surface area contributed by atoms with E-state index >= 15 is 0 Å². The Kier molecular flexibility index (Phi) is 4.95. The van der Waals surface area contributed by atoms with Crippen LogP contribution in [-0.2, 0) is 11.0 Å². The maximum absolute atomic E-state index is 12.7. The van der Waals surface area contributed by atoms with Gasteiger partial charge in [0.2, 0.25) is 5.91 Å². The van der Waals surface area contributed by atoms with Gasteiger partial charge >= 0.3 is 6.18 Å². The fraction of sp³-hybridized carbons (Fsp3) is 0.429. The van der Waals surface area contributed by atoms with E-state index in [0.717, 1.165) is 24.6 Å². The van der Waals surface area contributed by atoms with Gasteiger partial charge in [-0.3, -0.25) is 9.59 Å². The monoisotopic (exact) mass is 334 g/mol. The van der Waals surface area contributed by atoms with Crippen LogP contribution in [0.15, 0.2) is 18.2 Å². The van der Waals surface area contributed by atoms with Crippen molar-refractivity contribution >= 4 is 23.4 Å². The van der Waals surface area contributed by atoms with E-state index in [1.165, 1.54) is 0 Å². The van der Waals surface area contributed by atoms with Gasteiger partial charge in [0.15, 0.2) is 0 Å². The number of amides is 2. The zero-order valence-electron chi connectivity index (χ0n) is 11.5. The number of hydrogen-bond donors (Lipinski definition) is 2. The summed E-state index contributed by atoms with van der Waals surface area (Å²) in [5, 5.41) is 5.15. The lowest BCUT2D eigenvalue weighted by molar-refractivity contribution is -0.137. The van der Waals surface area contributed by atoms with Crippen LogP contribution >= 0.6 is 11.6 Å². The van der Waals surface area contributed by atoms with Crippen LogP contribution in [0.5, 0.6) is 0 Å². The summed E-state index contributed by atoms with van der Waals surface area (Å²) in [6, 6.07) is 2.37. The van der Waals surface area contributed by atoms with Gasteiger partial charge in [-0.25, -0.2) is 0 Å². The third-order valence-corrected chi connectivity index (χ3v) is 3.70. The topological polar surface area (TPSA) is 58.2 Å². The first-order valence-corrected chi connectivity index (χ1v) is 7.09. The summed E-state index contributed by atoms with van der Waals surface area (Å²) in [6.07, 6.45) is -2.67. The Morgan fingerprint density at radius 2 is 2.14 bits per heavy atom. The molecule has 1 aromatic rings. The smallest absolute Gasteiger partial charge is 0.352 e. The lowest BCUT2D eigenvalue weighted by Gasteiger charge is -2.23. The third-order valence-electron chi connectivity index (χ3n) is 3.37. The van der Waals surface area contributed by atoms with Crippen LogP contribution in [0.3, 0.4) is 0 Å². The zero-order chi connectivity index (χ0) is 16.3. The molecule has 0 spiro atoms. The highest BCUT2D eigenvalue weighted by Crippen LogP contribution is 2.31. The third kappa shape index (κ3) is 4.13. The fourth-order valence-electron chi connectivity index (χ4n) is 2.22. The number of benzene rings is 1. The number of carbonyl (C=O) groups is 2. The second-order valence-electron chi connectivity index (χ2n) is 5.06. The molecule has 1 saturated heterocycles. The number of nitrogens with one attached hydrogen (secondary N) is 2. The Bertz CT molecular complexity index is 590. The first-order chi connectivity index (χ1) is 10.3. The van der Waals surface area contributed by atoms with Crippen molar-refractivity contribution in [1.82, 2.24) is 10.6 Å². The number of hydrogen-bond acceptors (Lipinski definition) is 2. The second-order valence-corrected chi connectivity index (χ2v) is 5.47. The summed E-state index contributed by atoms with van der Waals surface area (Å²) in [5.74, 6) is -0.793. The molecule has 0 unspecified atom stereocenters. The minimum atomic E-state index is -4.54. The van der Waals surface area contributed by atoms with Crippen LogP contribution < -0.4 is 10.6 Å². The molecule has 1 aromatic carbocycles. The number of carbonyl (C=O) groups excluding carboxylic acids is 2. The molecular formula is C14H14ClF3N2O2. The SMILES string of the molecule is O=C1CCC[C@H](CNC(=O)c2cc(C(F)(F)F)ccc2Cl)N1. The molecular weight excluding hydrogens is 321 g/mol. The average molecular weight is 335 g/mol. The van der Waals surface area contributed by atoms with Crippen LogP contribution in [0.1, 0.15) is 35.2 Å². The zero-order valence-corrected chi connectivity index (χ0v) is 12.2. The van der Waals surface area contributed by atoms with E-state index in [1.807, 2.05) is 0 Å². The minimum absolute atomic E-state index is 0.0572. The van der Waals surface area contributed by atoms with E-state index in [4.69, 9.17) is 11.6 Å². The molecule has 2 rings (SSSR count). The van der Waals surface area contributed by atoms with Crippen LogP contribution in [0.25, 0.3) is 0 Å². The molecule has 1 atom stereocenters. The molecule has 0 saturated carbocycles. The quantitative estimate of drug-likeness (QED) is 0.893. The average Bonchev–Trinajstić information content (AvgIpc) is 2.44. The van der Waals surface area contributed by atoms with E-state index in [2.05, 4.69) is 10.6 Å². The van der Waals surface area contributed by atoms with Gasteiger partial charge in [0.25, 0.3) is 5.91 Å². The Labute approximate surface area is 130 Å². The van der Waals surface area contributed by atoms with Crippen molar-refractivity contribution in [3.63, 3.8) is 0 Å². The van der Waals surface area contributed by atoms with Crippen molar-refractivity contribution in [1.29, 1.82) is 0 Å². The van der Waals surface area contributed by atoms with Gasteiger partial charge in [0.05, 0.1) is 16.1 Å². The molecule has 1 fully saturated rings. The first kappa shape index (κ1) is 16.6. The molecule has 22 heavy (non-hydrogen) atoms. The van der Waals surface area contributed by atoms with Crippen molar-refractivity contribution in [3.05, 3.63) is 34.3 Å². The Morgan fingerprint density at radius 1 is 1.41 bits per heavy atom. The van der Waals surface area contributed by atoms with Crippen LogP contribution in [0.2, 0.25) is 5.02 Å². The van der Waals surface area contributed by atoms with E-state index in [9.17, 15) is 22.8 Å². The second kappa shape index (κ2) is 6.56. The van der Waals surface area contributed by atoms with E-state index in [-0.39, 0.29) is 29.1 Å². The van der Waals surface area contributed by atoms with Crippen molar-refractivity contribution < 1.29 is 22.8 Å². The number of rotatable bonds is 3. The van der Waals surface area contributed by atoms with Crippen LogP contribution in [0, 0.1) is 0 Å². The highest BCUT2D eigenvalue weighted by atomic mass is 35.5. The lowest BCUT2D eigenvalue weighted by atomic mass is 10.0. The van der Waals surface area contributed by atoms with Gasteiger partial charge in [-0.1, -0.05) is 11.6 Å². The van der Waals surface area contributed by atoms with Crippen LogP contribution in [-0.4, -0.2) is 24.4 Å². The predicted octanol–water partition coefficient (Wildman–Crippen LogP) is 2.76. The minimum Gasteiger partial charge on any atom is -0.352 e. The molecule has 4 nitrogen and oxygen atoms in total. The molecule has 0 radical (unpaired) electrons. The predicted molar refractivity (Wildman–Crippen MR) is 74.6 cm³/mol. The van der Waals surface area contributed by atoms with Gasteiger partial charge in [-0.05, 0) is 31.0 Å². The summed E-state index contributed by atoms with van der Waals surface area (Å²) >= 11 is 5.79. The summed E-state index contributed by atoms with van der Waals surface area (Å²) < 4.78 is 38.0. The Morgan fingerprint density at radius 3 is 2.77 bits per heavy atom. The summed E-state index contributed by atoms with van der Waals surface area (Å²) in [4.78, 5) is 23.2. The fourth-order valence-corrected chi connectivity index (χ4v) is 2.42. The van der Waals surface area contributed by atoms with Gasteiger partial charge < -0.3 is 10.6 Å². The van der Waals surface area contributed by atoms with E-state index in [0.29, 0.717) is 12.8 Å². The van der Waals surface area contributed by atoms with Gasteiger partial charge in [-0.15, -0.1) is 0 Å². The Hall–Kier alpha value is -1.76. The van der Waals surface area contributed by atoms with Crippen molar-refractivity contribution in [2.45, 2.75) is 31.5 Å². The summed E-state index contributed by atoms with van der Waals surface area (Å²) in [5.41, 5.74) is -1.17. The van der Waals surface area contributed by atoms with Crippen molar-refractivity contribution in [2.24, 2.45) is 0 Å². The maximum Gasteiger partial charge on any atom is 0.416 e. The highest BCUT2D eigenvalue weighted by molar-refractivity contribution is 6.33. The Balaban J connectivity index is 2.04. The first-order valence-electron chi connectivity index (χ1n) is 6.71. The van der Waals surface area contributed by atoms with Gasteiger partial charge in [0, 0.05) is 19.0 Å². The molecule has 120 valence electrons. The normalized spacial score (nSPS) is 18.7. The number of halogens is 4. The molecule has 2 N–H and O–H groups in total. The van der Waals surface area contributed by atoms with Crippen molar-refractivity contribution in [2.75, 3.05) is 6.54 Å². The standard InChI is InChI=1S/C14H14ClF3N2O2/c15-11-5-4-8(14(16,17)18)6-10(11)13(22)19-7-9-2-1-3-12(21)20-9/h4-6,9H,1-3,7H2,(H,19,22)(H,20,21)/t9-/m1/s1. The molecule has 1 aliphatic rings. The molecule has 1 aliphatic heterocycles. The summed E-state index contributed by atoms with van der Waals surface area (Å²) in [7, 11) is 0. The summed E-state index contributed by atoms with van der Waals surface area (Å²) in [6.45, 7) is 0.150. The molecule has 0 bridgehead atoms. The highest BCUT2D eigenvalue weighted by Gasteiger charge is 2.31. The molecule has 8 heteroatoms.